The first-order valence-corrected chi connectivity index (χ1v) is 10.1. The number of nitrogens with one attached hydrogen (secondary N) is 2. The molecule has 0 aliphatic carbocycles. The molecule has 1 rings (SSSR count). The highest BCUT2D eigenvalue weighted by Crippen LogP contribution is 2.14. The average Bonchev–Trinajstić information content (AvgIpc) is 2.68. The molecule has 2 N–H and O–H groups in total. The zero-order valence-corrected chi connectivity index (χ0v) is 18.1. The number of anilines is 1. The van der Waals surface area contributed by atoms with E-state index in [1.54, 1.807) is 19.0 Å². The van der Waals surface area contributed by atoms with Gasteiger partial charge in [0, 0.05) is 59.2 Å². The molecule has 0 aliphatic heterocycles. The summed E-state index contributed by atoms with van der Waals surface area (Å²) in [5.74, 6) is 0.636. The van der Waals surface area contributed by atoms with Gasteiger partial charge in [0.05, 0.1) is 0 Å². The number of carbonyl (C=O) groups excluding carboxylic acids is 1. The Kier molecular flexibility index (Phi) is 11.7. The number of aliphatic imine (C=N–C) groups is 1. The van der Waals surface area contributed by atoms with E-state index in [-0.39, 0.29) is 12.5 Å². The van der Waals surface area contributed by atoms with Gasteiger partial charge in [0.15, 0.2) is 5.96 Å². The third-order valence-corrected chi connectivity index (χ3v) is 4.26. The largest absolute Gasteiger partial charge is 0.382 e. The van der Waals surface area contributed by atoms with Gasteiger partial charge in [-0.15, -0.1) is 0 Å². The van der Waals surface area contributed by atoms with E-state index in [9.17, 15) is 4.79 Å². The summed E-state index contributed by atoms with van der Waals surface area (Å²) in [6, 6.07) is 8.52. The number of hydrogen-bond donors (Lipinski definition) is 2. The van der Waals surface area contributed by atoms with Crippen LogP contribution in [0.2, 0.25) is 0 Å². The van der Waals surface area contributed by atoms with Crippen molar-refractivity contribution in [2.24, 2.45) is 4.99 Å². The molecular formula is C21H37N5O2. The van der Waals surface area contributed by atoms with E-state index in [1.807, 2.05) is 6.92 Å². The summed E-state index contributed by atoms with van der Waals surface area (Å²) in [5.41, 5.74) is 2.47. The summed E-state index contributed by atoms with van der Waals surface area (Å²) in [6.07, 6.45) is 0.889. The lowest BCUT2D eigenvalue weighted by atomic mass is 10.2. The van der Waals surface area contributed by atoms with Crippen LogP contribution in [0.3, 0.4) is 0 Å². The molecule has 0 saturated carbocycles. The summed E-state index contributed by atoms with van der Waals surface area (Å²) in [4.78, 5) is 20.1. The zero-order valence-electron chi connectivity index (χ0n) is 18.1. The second kappa shape index (κ2) is 13.8. The maximum atomic E-state index is 11.8. The van der Waals surface area contributed by atoms with E-state index in [0.717, 1.165) is 39.2 Å². The number of carbonyl (C=O) groups is 1. The van der Waals surface area contributed by atoms with Crippen LogP contribution in [-0.4, -0.2) is 76.8 Å². The first kappa shape index (κ1) is 23.8. The lowest BCUT2D eigenvalue weighted by Gasteiger charge is -2.24. The fourth-order valence-corrected chi connectivity index (χ4v) is 2.59. The lowest BCUT2D eigenvalue weighted by molar-refractivity contribution is -0.127. The average molecular weight is 392 g/mol. The van der Waals surface area contributed by atoms with Crippen LogP contribution in [0.15, 0.2) is 29.3 Å². The smallest absolute Gasteiger partial charge is 0.243 e. The molecule has 158 valence electrons. The van der Waals surface area contributed by atoms with Crippen LogP contribution >= 0.6 is 0 Å². The number of rotatable bonds is 12. The number of likely N-dealkylation sites (N-methyl/N-ethyl adjacent to an activating group) is 2. The number of hydrogen-bond acceptors (Lipinski definition) is 4. The van der Waals surface area contributed by atoms with E-state index in [1.165, 1.54) is 11.3 Å². The topological polar surface area (TPSA) is 69.2 Å². The van der Waals surface area contributed by atoms with E-state index in [0.29, 0.717) is 12.6 Å². The number of benzene rings is 1. The van der Waals surface area contributed by atoms with Crippen LogP contribution in [0.25, 0.3) is 0 Å². The molecule has 28 heavy (non-hydrogen) atoms. The predicted molar refractivity (Wildman–Crippen MR) is 117 cm³/mol. The van der Waals surface area contributed by atoms with Crippen molar-refractivity contribution in [1.29, 1.82) is 0 Å². The number of aryl methyl sites for hydroxylation is 1. The van der Waals surface area contributed by atoms with Gasteiger partial charge in [0.2, 0.25) is 5.91 Å². The van der Waals surface area contributed by atoms with Crippen molar-refractivity contribution in [1.82, 2.24) is 15.5 Å². The van der Waals surface area contributed by atoms with Gasteiger partial charge >= 0.3 is 0 Å². The van der Waals surface area contributed by atoms with Crippen LogP contribution in [0.5, 0.6) is 0 Å². The number of nitrogens with zero attached hydrogens (tertiary/aromatic N) is 3. The molecule has 1 amide bonds. The Labute approximate surface area is 170 Å². The predicted octanol–water partition coefficient (Wildman–Crippen LogP) is 1.87. The highest BCUT2D eigenvalue weighted by Gasteiger charge is 2.07. The Morgan fingerprint density at radius 2 is 1.93 bits per heavy atom. The fraction of sp³-hybridized carbons (Fsp3) is 0.619. The molecule has 0 atom stereocenters. The lowest BCUT2D eigenvalue weighted by Crippen LogP contribution is -2.43. The van der Waals surface area contributed by atoms with Gasteiger partial charge in [-0.2, -0.15) is 0 Å². The molecule has 7 nitrogen and oxygen atoms in total. The molecule has 0 unspecified atom stereocenters. The van der Waals surface area contributed by atoms with Crippen molar-refractivity contribution in [3.8, 4) is 0 Å². The number of guanidine groups is 1. The summed E-state index contributed by atoms with van der Waals surface area (Å²) in [6.45, 7) is 11.1. The normalized spacial score (nSPS) is 11.2. The van der Waals surface area contributed by atoms with Crippen molar-refractivity contribution in [3.05, 3.63) is 29.8 Å². The van der Waals surface area contributed by atoms with Gasteiger partial charge in [0.25, 0.3) is 0 Å². The summed E-state index contributed by atoms with van der Waals surface area (Å²) < 4.78 is 5.36. The highest BCUT2D eigenvalue weighted by molar-refractivity contribution is 5.84. The van der Waals surface area contributed by atoms with Crippen LogP contribution in [-0.2, 0) is 9.53 Å². The van der Waals surface area contributed by atoms with Gasteiger partial charge in [0.1, 0.15) is 6.54 Å². The molecule has 0 fully saturated rings. The summed E-state index contributed by atoms with van der Waals surface area (Å²) in [5, 5.41) is 6.62. The van der Waals surface area contributed by atoms with Gasteiger partial charge in [-0.25, -0.2) is 4.99 Å². The van der Waals surface area contributed by atoms with Crippen molar-refractivity contribution < 1.29 is 9.53 Å². The van der Waals surface area contributed by atoms with E-state index in [4.69, 9.17) is 4.74 Å². The number of ether oxygens (including phenoxy) is 1. The van der Waals surface area contributed by atoms with Gasteiger partial charge < -0.3 is 25.2 Å². The molecule has 7 heteroatoms. The molecule has 1 aromatic rings. The molecule has 0 heterocycles. The van der Waals surface area contributed by atoms with Crippen LogP contribution in [0.1, 0.15) is 25.8 Å². The van der Waals surface area contributed by atoms with E-state index in [2.05, 4.69) is 58.6 Å². The summed E-state index contributed by atoms with van der Waals surface area (Å²) >= 11 is 0. The van der Waals surface area contributed by atoms with Gasteiger partial charge in [-0.05, 0) is 44.9 Å². The van der Waals surface area contributed by atoms with E-state index >= 15 is 0 Å². The quantitative estimate of drug-likeness (QED) is 0.323. The second-order valence-corrected chi connectivity index (χ2v) is 6.78. The Bertz CT molecular complexity index is 604. The molecule has 0 saturated heterocycles. The second-order valence-electron chi connectivity index (χ2n) is 6.78. The van der Waals surface area contributed by atoms with Crippen molar-refractivity contribution >= 4 is 17.6 Å². The maximum absolute atomic E-state index is 11.8. The monoisotopic (exact) mass is 391 g/mol. The van der Waals surface area contributed by atoms with Crippen molar-refractivity contribution in [2.45, 2.75) is 27.2 Å². The van der Waals surface area contributed by atoms with Crippen LogP contribution < -0.4 is 15.5 Å². The van der Waals surface area contributed by atoms with Crippen molar-refractivity contribution in [3.63, 3.8) is 0 Å². The molecule has 0 spiro atoms. The molecule has 0 radical (unpaired) electrons. The maximum Gasteiger partial charge on any atom is 0.243 e. The van der Waals surface area contributed by atoms with Crippen LogP contribution in [0.4, 0.5) is 5.69 Å². The van der Waals surface area contributed by atoms with Crippen LogP contribution in [0, 0.1) is 6.92 Å². The third kappa shape index (κ3) is 9.60. The zero-order chi connectivity index (χ0) is 20.8. The highest BCUT2D eigenvalue weighted by atomic mass is 16.5. The first-order valence-electron chi connectivity index (χ1n) is 10.1. The Morgan fingerprint density at radius 1 is 1.18 bits per heavy atom. The van der Waals surface area contributed by atoms with E-state index < -0.39 is 0 Å². The number of amides is 1. The van der Waals surface area contributed by atoms with Gasteiger partial charge in [-0.3, -0.25) is 4.79 Å². The van der Waals surface area contributed by atoms with Crippen molar-refractivity contribution in [2.75, 3.05) is 64.9 Å². The SMILES string of the molecule is CCOCCCNC(=NCC(=O)N(C)C)NCCN(CC)c1cccc(C)c1. The standard InChI is InChI=1S/C21H37N5O2/c1-6-26(19-11-8-10-18(3)16-19)14-13-23-21(22-12-9-15-28-7-2)24-17-20(27)25(4)5/h8,10-11,16H,6-7,9,12-15,17H2,1-5H3,(H2,22,23,24). The third-order valence-electron chi connectivity index (χ3n) is 4.26. The Morgan fingerprint density at radius 3 is 2.57 bits per heavy atom. The molecule has 0 bridgehead atoms. The molecule has 1 aromatic carbocycles. The minimum absolute atomic E-state index is 0.0228. The molecule has 0 aliphatic rings. The Hall–Kier alpha value is -2.28. The van der Waals surface area contributed by atoms with Gasteiger partial charge in [-0.1, -0.05) is 12.1 Å². The minimum Gasteiger partial charge on any atom is -0.382 e. The Balaban J connectivity index is 2.58. The molecule has 0 aromatic heterocycles. The summed E-state index contributed by atoms with van der Waals surface area (Å²) in [7, 11) is 3.48. The molecular weight excluding hydrogens is 354 g/mol. The first-order chi connectivity index (χ1) is 13.5. The minimum atomic E-state index is -0.0228. The fourth-order valence-electron chi connectivity index (χ4n) is 2.59.